The third-order valence-corrected chi connectivity index (χ3v) is 5.64. The smallest absolute Gasteiger partial charge is 0.339 e. The number of Topliss-reactive ketones (excluding diaryl/α,β-unsaturated/α-hetero) is 1. The Morgan fingerprint density at radius 3 is 2.71 bits per heavy atom. The molecule has 1 unspecified atom stereocenters. The largest absolute Gasteiger partial charge is 0.493 e. The quantitative estimate of drug-likeness (QED) is 0.495. The van der Waals surface area contributed by atoms with Crippen LogP contribution in [0.15, 0.2) is 35.9 Å². The summed E-state index contributed by atoms with van der Waals surface area (Å²) in [4.78, 5) is 24.3. The van der Waals surface area contributed by atoms with Crippen LogP contribution in [0.1, 0.15) is 57.1 Å². The highest BCUT2D eigenvalue weighted by molar-refractivity contribution is 6.17. The lowest BCUT2D eigenvalue weighted by atomic mass is 9.84. The van der Waals surface area contributed by atoms with Crippen molar-refractivity contribution in [3.05, 3.63) is 47.1 Å². The topological polar surface area (TPSA) is 93.1 Å². The molecule has 6 heteroatoms. The number of ketones is 1. The molecule has 2 aliphatic rings. The molecule has 1 aliphatic heterocycles. The van der Waals surface area contributed by atoms with Crippen LogP contribution in [0.2, 0.25) is 0 Å². The summed E-state index contributed by atoms with van der Waals surface area (Å²) in [5, 5.41) is 18.7. The molecule has 0 aromatic heterocycles. The Labute approximate surface area is 182 Å². The number of fused-ring (bicyclic) bond motifs is 2. The number of carboxylic acids is 1. The first-order valence-electron chi connectivity index (χ1n) is 10.8. The molecule has 1 aliphatic carbocycles. The molecule has 0 fully saturated rings. The van der Waals surface area contributed by atoms with Crippen LogP contribution in [0.4, 0.5) is 0 Å². The molecule has 0 spiro atoms. The summed E-state index contributed by atoms with van der Waals surface area (Å²) < 4.78 is 12.2. The van der Waals surface area contributed by atoms with Crippen molar-refractivity contribution in [1.82, 2.24) is 0 Å². The average molecular weight is 427 g/mol. The van der Waals surface area contributed by atoms with Crippen molar-refractivity contribution in [2.24, 2.45) is 5.92 Å². The Hall–Kier alpha value is -2.86. The van der Waals surface area contributed by atoms with Crippen molar-refractivity contribution in [3.8, 4) is 11.5 Å². The van der Waals surface area contributed by atoms with Gasteiger partial charge in [-0.3, -0.25) is 4.79 Å². The maximum Gasteiger partial charge on any atom is 0.339 e. The highest BCUT2D eigenvalue weighted by Crippen LogP contribution is 2.45. The normalized spacial score (nSPS) is 18.8. The van der Waals surface area contributed by atoms with Gasteiger partial charge in [-0.15, -0.1) is 0 Å². The van der Waals surface area contributed by atoms with Crippen molar-refractivity contribution < 1.29 is 29.3 Å². The Morgan fingerprint density at radius 1 is 1.32 bits per heavy atom. The van der Waals surface area contributed by atoms with E-state index in [4.69, 9.17) is 14.6 Å². The molecule has 2 N–H and O–H groups in total. The number of carbonyl (C=O) groups is 2. The molecule has 0 bridgehead atoms. The second-order valence-corrected chi connectivity index (χ2v) is 8.23. The Balaban J connectivity index is 2.19. The average Bonchev–Trinajstić information content (AvgIpc) is 2.82. The van der Waals surface area contributed by atoms with E-state index in [9.17, 15) is 14.7 Å². The molecule has 0 radical (unpaired) electrons. The van der Waals surface area contributed by atoms with Crippen molar-refractivity contribution in [2.75, 3.05) is 13.2 Å². The number of ether oxygens (including phenoxy) is 2. The molecule has 0 saturated carbocycles. The Bertz CT molecular complexity index is 938. The van der Waals surface area contributed by atoms with Gasteiger partial charge < -0.3 is 19.7 Å². The number of aliphatic carboxylic acids is 1. The number of hydrogen-bond acceptors (Lipinski definition) is 5. The van der Waals surface area contributed by atoms with E-state index in [-0.39, 0.29) is 36.4 Å². The molecular formula is C25H30O6. The molecular weight excluding hydrogens is 396 g/mol. The summed E-state index contributed by atoms with van der Waals surface area (Å²) >= 11 is 0. The Kier molecular flexibility index (Phi) is 7.33. The van der Waals surface area contributed by atoms with Crippen molar-refractivity contribution >= 4 is 23.4 Å². The van der Waals surface area contributed by atoms with Crippen LogP contribution in [0, 0.1) is 5.92 Å². The fraction of sp³-hybridized carbons (Fsp3) is 0.440. The van der Waals surface area contributed by atoms with Gasteiger partial charge in [0.15, 0.2) is 5.78 Å². The highest BCUT2D eigenvalue weighted by Gasteiger charge is 2.33. The second-order valence-electron chi connectivity index (χ2n) is 8.23. The van der Waals surface area contributed by atoms with E-state index >= 15 is 0 Å². The van der Waals surface area contributed by atoms with Gasteiger partial charge in [0.05, 0.1) is 6.61 Å². The lowest BCUT2D eigenvalue weighted by Crippen LogP contribution is -2.30. The highest BCUT2D eigenvalue weighted by atomic mass is 16.5. The zero-order valence-corrected chi connectivity index (χ0v) is 18.1. The van der Waals surface area contributed by atoms with Crippen LogP contribution in [-0.4, -0.2) is 41.3 Å². The van der Waals surface area contributed by atoms with Crippen LogP contribution >= 0.6 is 0 Å². The number of aliphatic hydroxyl groups is 1. The van der Waals surface area contributed by atoms with E-state index in [1.807, 2.05) is 26.0 Å². The number of allylic oxidation sites excluding steroid dienone is 1. The maximum atomic E-state index is 12.5. The molecule has 0 amide bonds. The van der Waals surface area contributed by atoms with Gasteiger partial charge in [-0.2, -0.15) is 0 Å². The second kappa shape index (κ2) is 9.96. The van der Waals surface area contributed by atoms with E-state index in [1.165, 1.54) is 6.08 Å². The first-order valence-corrected chi connectivity index (χ1v) is 10.8. The van der Waals surface area contributed by atoms with Crippen LogP contribution < -0.4 is 9.47 Å². The lowest BCUT2D eigenvalue weighted by Gasteiger charge is -2.33. The van der Waals surface area contributed by atoms with Gasteiger partial charge in [-0.1, -0.05) is 26.5 Å². The van der Waals surface area contributed by atoms with Gasteiger partial charge in [-0.25, -0.2) is 4.79 Å². The maximum absolute atomic E-state index is 12.5. The van der Waals surface area contributed by atoms with Crippen LogP contribution in [0.5, 0.6) is 11.5 Å². The predicted octanol–water partition coefficient (Wildman–Crippen LogP) is 4.42. The van der Waals surface area contributed by atoms with Crippen molar-refractivity contribution in [3.63, 3.8) is 0 Å². The zero-order chi connectivity index (χ0) is 22.5. The van der Waals surface area contributed by atoms with Gasteiger partial charge in [0, 0.05) is 36.6 Å². The minimum Gasteiger partial charge on any atom is -0.493 e. The molecule has 1 atom stereocenters. The number of rotatable bonds is 7. The number of aliphatic hydroxyl groups excluding tert-OH is 1. The van der Waals surface area contributed by atoms with Gasteiger partial charge in [0.1, 0.15) is 23.2 Å². The van der Waals surface area contributed by atoms with Gasteiger partial charge in [0.25, 0.3) is 0 Å². The number of hydrogen-bond donors (Lipinski definition) is 2. The number of carbonyl (C=O) groups excluding carboxylic acids is 1. The minimum atomic E-state index is -1.20. The summed E-state index contributed by atoms with van der Waals surface area (Å²) in [5.41, 5.74) is 3.28. The lowest BCUT2D eigenvalue weighted by molar-refractivity contribution is -0.134. The minimum absolute atomic E-state index is 0.0491. The SMILES string of the molecule is C=Cc1cc2c(cc1OCCCO)OC(C(C)C)C1=C2CCCCC(=O)C(C(=O)O)=C1. The molecule has 31 heavy (non-hydrogen) atoms. The van der Waals surface area contributed by atoms with E-state index in [1.54, 1.807) is 6.08 Å². The third-order valence-electron chi connectivity index (χ3n) is 5.64. The summed E-state index contributed by atoms with van der Waals surface area (Å²) in [7, 11) is 0. The molecule has 1 aromatic rings. The van der Waals surface area contributed by atoms with Crippen molar-refractivity contribution in [1.29, 1.82) is 0 Å². The van der Waals surface area contributed by atoms with E-state index in [2.05, 4.69) is 6.58 Å². The van der Waals surface area contributed by atoms with E-state index < -0.39 is 5.97 Å². The van der Waals surface area contributed by atoms with Gasteiger partial charge >= 0.3 is 5.97 Å². The zero-order valence-electron chi connectivity index (χ0n) is 18.1. The first-order chi connectivity index (χ1) is 14.9. The predicted molar refractivity (Wildman–Crippen MR) is 119 cm³/mol. The molecule has 1 heterocycles. The van der Waals surface area contributed by atoms with Gasteiger partial charge in [0.2, 0.25) is 0 Å². The van der Waals surface area contributed by atoms with Crippen LogP contribution in [0.25, 0.3) is 11.6 Å². The summed E-state index contributed by atoms with van der Waals surface area (Å²) in [5.74, 6) is -0.162. The summed E-state index contributed by atoms with van der Waals surface area (Å²) in [6, 6.07) is 3.80. The monoisotopic (exact) mass is 426 g/mol. The van der Waals surface area contributed by atoms with E-state index in [0.29, 0.717) is 30.9 Å². The van der Waals surface area contributed by atoms with Crippen LogP contribution in [0.3, 0.4) is 0 Å². The number of benzene rings is 1. The fourth-order valence-corrected chi connectivity index (χ4v) is 4.05. The molecule has 3 rings (SSSR count). The van der Waals surface area contributed by atoms with Crippen LogP contribution in [-0.2, 0) is 9.59 Å². The molecule has 6 nitrogen and oxygen atoms in total. The standard InChI is InChI=1S/C25H30O6/c1-4-16-12-18-17-8-5-6-9-21(27)20(25(28)29)13-19(17)24(15(2)3)31-23(18)14-22(16)30-11-7-10-26/h4,12-15,24,26H,1,5-11H2,2-3H3,(H,28,29). The molecule has 1 aromatic carbocycles. The van der Waals surface area contributed by atoms with Crippen molar-refractivity contribution in [2.45, 2.75) is 52.1 Å². The third kappa shape index (κ3) is 4.90. The summed E-state index contributed by atoms with van der Waals surface area (Å²) in [6.45, 7) is 8.35. The molecule has 166 valence electrons. The fourth-order valence-electron chi connectivity index (χ4n) is 4.05. The first kappa shape index (κ1) is 22.8. The molecule has 0 saturated heterocycles. The van der Waals surface area contributed by atoms with Gasteiger partial charge in [-0.05, 0) is 48.5 Å². The Morgan fingerprint density at radius 2 is 2.06 bits per heavy atom. The number of carboxylic acid groups (broad SMARTS) is 1. The summed E-state index contributed by atoms with van der Waals surface area (Å²) in [6.07, 6.45) is 5.77. The van der Waals surface area contributed by atoms with E-state index in [0.717, 1.165) is 35.1 Å².